The molecule has 1 amide bonds. The van der Waals surface area contributed by atoms with Crippen LogP contribution in [0.1, 0.15) is 11.1 Å². The van der Waals surface area contributed by atoms with Crippen molar-refractivity contribution in [3.05, 3.63) is 69.5 Å². The van der Waals surface area contributed by atoms with E-state index in [9.17, 15) is 14.9 Å². The van der Waals surface area contributed by atoms with Gasteiger partial charge < -0.3 is 5.32 Å². The lowest BCUT2D eigenvalue weighted by atomic mass is 10.1. The van der Waals surface area contributed by atoms with Crippen molar-refractivity contribution < 1.29 is 9.72 Å². The average molecular weight is 308 g/mol. The Kier molecular flexibility index (Phi) is 4.79. The Hall–Kier alpha value is -3.53. The summed E-state index contributed by atoms with van der Waals surface area (Å²) in [5.41, 5.74) is 0.986. The predicted octanol–water partition coefficient (Wildman–Crippen LogP) is 2.84. The highest BCUT2D eigenvalue weighted by molar-refractivity contribution is 6.10. The van der Waals surface area contributed by atoms with Gasteiger partial charge in [0.15, 0.2) is 0 Å². The van der Waals surface area contributed by atoms with Gasteiger partial charge in [0.1, 0.15) is 17.3 Å². The van der Waals surface area contributed by atoms with Crippen molar-refractivity contribution in [2.24, 2.45) is 0 Å². The monoisotopic (exact) mass is 308 g/mol. The lowest BCUT2D eigenvalue weighted by Crippen LogP contribution is -2.14. The van der Waals surface area contributed by atoms with Gasteiger partial charge in [-0.15, -0.1) is 0 Å². The summed E-state index contributed by atoms with van der Waals surface area (Å²) in [6.45, 7) is 1.71. The Morgan fingerprint density at radius 3 is 2.65 bits per heavy atom. The summed E-state index contributed by atoms with van der Waals surface area (Å²) in [7, 11) is 0. The van der Waals surface area contributed by atoms with Gasteiger partial charge in [0.2, 0.25) is 0 Å². The highest BCUT2D eigenvalue weighted by atomic mass is 16.6. The molecule has 0 saturated carbocycles. The van der Waals surface area contributed by atoms with Crippen LogP contribution in [0.15, 0.2) is 48.3 Å². The number of hydrogen-bond donors (Lipinski definition) is 1. The van der Waals surface area contributed by atoms with Crippen LogP contribution in [0.5, 0.6) is 0 Å². The molecule has 1 N–H and O–H groups in total. The van der Waals surface area contributed by atoms with Crippen molar-refractivity contribution >= 4 is 23.4 Å². The fourth-order valence-corrected chi connectivity index (χ4v) is 1.86. The Morgan fingerprint density at radius 1 is 1.35 bits per heavy atom. The van der Waals surface area contributed by atoms with Gasteiger partial charge in [-0.1, -0.05) is 6.07 Å². The van der Waals surface area contributed by atoms with Crippen molar-refractivity contribution in [3.63, 3.8) is 0 Å². The number of aryl methyl sites for hydroxylation is 1. The molecule has 7 nitrogen and oxygen atoms in total. The van der Waals surface area contributed by atoms with Crippen LogP contribution >= 0.6 is 0 Å². The maximum atomic E-state index is 12.2. The molecular weight excluding hydrogens is 296 g/mol. The number of nitrogens with one attached hydrogen (secondary N) is 1. The lowest BCUT2D eigenvalue weighted by Gasteiger charge is -2.06. The van der Waals surface area contributed by atoms with Crippen LogP contribution in [0.3, 0.4) is 0 Å². The van der Waals surface area contributed by atoms with Gasteiger partial charge in [-0.3, -0.25) is 19.9 Å². The first-order chi connectivity index (χ1) is 11.0. The largest absolute Gasteiger partial charge is 0.316 e. The average Bonchev–Trinajstić information content (AvgIpc) is 2.55. The molecule has 114 valence electrons. The van der Waals surface area contributed by atoms with E-state index in [0.717, 1.165) is 0 Å². The molecule has 2 aromatic rings. The van der Waals surface area contributed by atoms with E-state index in [2.05, 4.69) is 10.3 Å². The molecule has 0 fully saturated rings. The molecule has 0 spiro atoms. The van der Waals surface area contributed by atoms with Crippen molar-refractivity contribution in [3.8, 4) is 6.07 Å². The molecule has 0 atom stereocenters. The zero-order valence-corrected chi connectivity index (χ0v) is 12.2. The first-order valence-electron chi connectivity index (χ1n) is 6.59. The molecule has 23 heavy (non-hydrogen) atoms. The number of nitriles is 1. The molecule has 1 aromatic carbocycles. The molecule has 0 bridgehead atoms. The fourth-order valence-electron chi connectivity index (χ4n) is 1.86. The van der Waals surface area contributed by atoms with E-state index in [1.807, 2.05) is 0 Å². The van der Waals surface area contributed by atoms with Gasteiger partial charge in [0.05, 0.1) is 4.92 Å². The van der Waals surface area contributed by atoms with E-state index >= 15 is 0 Å². The standard InChI is InChI=1S/C16H12N4O3/c1-11-2-3-14(15(8-11)20(22)23)19-16(21)13(10-17)9-12-4-6-18-7-5-12/h2-9H,1H3,(H,19,21)/b13-9+. The Bertz CT molecular complexity index is 823. The van der Waals surface area contributed by atoms with Crippen LogP contribution in [0.25, 0.3) is 6.08 Å². The maximum Gasteiger partial charge on any atom is 0.293 e. The number of carbonyl (C=O) groups excluding carboxylic acids is 1. The van der Waals surface area contributed by atoms with Crippen LogP contribution in [0, 0.1) is 28.4 Å². The molecule has 0 aliphatic rings. The van der Waals surface area contributed by atoms with Gasteiger partial charge in [-0.2, -0.15) is 5.26 Å². The van der Waals surface area contributed by atoms with Gasteiger partial charge in [-0.25, -0.2) is 0 Å². The third kappa shape index (κ3) is 3.98. The number of carbonyl (C=O) groups is 1. The Morgan fingerprint density at radius 2 is 2.04 bits per heavy atom. The van der Waals surface area contributed by atoms with Crippen molar-refractivity contribution in [1.82, 2.24) is 4.98 Å². The number of aromatic nitrogens is 1. The zero-order valence-electron chi connectivity index (χ0n) is 12.2. The molecule has 7 heteroatoms. The number of amides is 1. The van der Waals surface area contributed by atoms with Crippen LogP contribution in [-0.4, -0.2) is 15.8 Å². The van der Waals surface area contributed by atoms with Crippen molar-refractivity contribution in [2.75, 3.05) is 5.32 Å². The summed E-state index contributed by atoms with van der Waals surface area (Å²) in [6.07, 6.45) is 4.45. The molecular formula is C16H12N4O3. The number of nitro groups is 1. The molecule has 1 aromatic heterocycles. The van der Waals surface area contributed by atoms with Crippen LogP contribution in [0.4, 0.5) is 11.4 Å². The third-order valence-corrected chi connectivity index (χ3v) is 2.98. The van der Waals surface area contributed by atoms with Gasteiger partial charge in [-0.05, 0) is 42.3 Å². The highest BCUT2D eigenvalue weighted by Gasteiger charge is 2.18. The molecule has 2 rings (SSSR count). The second-order valence-electron chi connectivity index (χ2n) is 4.68. The lowest BCUT2D eigenvalue weighted by molar-refractivity contribution is -0.384. The molecule has 0 saturated heterocycles. The summed E-state index contributed by atoms with van der Waals surface area (Å²) in [4.78, 5) is 26.5. The van der Waals surface area contributed by atoms with E-state index in [4.69, 9.17) is 5.26 Å². The number of rotatable bonds is 4. The summed E-state index contributed by atoms with van der Waals surface area (Å²) >= 11 is 0. The number of nitrogens with zero attached hydrogens (tertiary/aromatic N) is 3. The minimum absolute atomic E-state index is 0.0430. The predicted molar refractivity (Wildman–Crippen MR) is 84.3 cm³/mol. The smallest absolute Gasteiger partial charge is 0.293 e. The Labute approximate surface area is 132 Å². The summed E-state index contributed by atoms with van der Waals surface area (Å²) < 4.78 is 0. The molecule has 0 unspecified atom stereocenters. The minimum atomic E-state index is -0.712. The minimum Gasteiger partial charge on any atom is -0.316 e. The zero-order chi connectivity index (χ0) is 16.8. The van der Waals surface area contributed by atoms with E-state index < -0.39 is 10.8 Å². The first-order valence-corrected chi connectivity index (χ1v) is 6.59. The van der Waals surface area contributed by atoms with Crippen molar-refractivity contribution in [2.45, 2.75) is 6.92 Å². The summed E-state index contributed by atoms with van der Waals surface area (Å²) in [5, 5.41) is 22.6. The second-order valence-corrected chi connectivity index (χ2v) is 4.68. The van der Waals surface area contributed by atoms with E-state index in [0.29, 0.717) is 11.1 Å². The van der Waals surface area contributed by atoms with Crippen molar-refractivity contribution in [1.29, 1.82) is 5.26 Å². The molecule has 0 radical (unpaired) electrons. The van der Waals surface area contributed by atoms with Crippen LogP contribution < -0.4 is 5.32 Å². The maximum absolute atomic E-state index is 12.2. The normalized spacial score (nSPS) is 10.7. The summed E-state index contributed by atoms with van der Waals surface area (Å²) in [5.74, 6) is -0.712. The van der Waals surface area contributed by atoms with Gasteiger partial charge >= 0.3 is 0 Å². The third-order valence-electron chi connectivity index (χ3n) is 2.98. The van der Waals surface area contributed by atoms with Crippen LogP contribution in [-0.2, 0) is 4.79 Å². The SMILES string of the molecule is Cc1ccc(NC(=O)/C(C#N)=C/c2ccncc2)c([N+](=O)[O-])c1. The van der Waals surface area contributed by atoms with Gasteiger partial charge in [0.25, 0.3) is 11.6 Å². The number of anilines is 1. The second kappa shape index (κ2) is 6.95. The fraction of sp³-hybridized carbons (Fsp3) is 0.0625. The quantitative estimate of drug-likeness (QED) is 0.404. The topological polar surface area (TPSA) is 109 Å². The van der Waals surface area contributed by atoms with Gasteiger partial charge in [0, 0.05) is 18.5 Å². The van der Waals surface area contributed by atoms with E-state index in [1.165, 1.54) is 30.6 Å². The molecule has 0 aliphatic heterocycles. The van der Waals surface area contributed by atoms with E-state index in [-0.39, 0.29) is 16.9 Å². The van der Waals surface area contributed by atoms with Crippen LogP contribution in [0.2, 0.25) is 0 Å². The van der Waals surface area contributed by atoms with E-state index in [1.54, 1.807) is 31.2 Å². The molecule has 1 heterocycles. The number of nitro benzene ring substituents is 1. The Balaban J connectivity index is 2.30. The highest BCUT2D eigenvalue weighted by Crippen LogP contribution is 2.25. The number of hydrogen-bond acceptors (Lipinski definition) is 5. The first kappa shape index (κ1) is 15.9. The molecule has 0 aliphatic carbocycles. The number of benzene rings is 1. The summed E-state index contributed by atoms with van der Waals surface area (Å²) in [6, 6.07) is 9.50. The number of pyridine rings is 1.